The van der Waals surface area contributed by atoms with Gasteiger partial charge in [0.15, 0.2) is 0 Å². The largest absolute Gasteiger partial charge is 0.480 e. The SMILES string of the molecule is CC=C(C(=O)O)c1c(OC)nc(C)nc1Oc1cccc(C(F)(F)F)c1. The van der Waals surface area contributed by atoms with Gasteiger partial charge in [0.1, 0.15) is 17.1 Å². The summed E-state index contributed by atoms with van der Waals surface area (Å²) in [6.07, 6.45) is -3.26. The smallest absolute Gasteiger partial charge is 0.416 e. The molecule has 138 valence electrons. The second-order valence-corrected chi connectivity index (χ2v) is 5.10. The van der Waals surface area contributed by atoms with Gasteiger partial charge in [-0.2, -0.15) is 23.1 Å². The van der Waals surface area contributed by atoms with Crippen LogP contribution in [0.15, 0.2) is 30.3 Å². The van der Waals surface area contributed by atoms with E-state index in [4.69, 9.17) is 9.47 Å². The summed E-state index contributed by atoms with van der Waals surface area (Å²) in [6.45, 7) is 3.00. The van der Waals surface area contributed by atoms with Gasteiger partial charge in [0, 0.05) is 0 Å². The number of hydrogen-bond acceptors (Lipinski definition) is 5. The maximum atomic E-state index is 12.9. The molecule has 0 bridgehead atoms. The second kappa shape index (κ2) is 7.42. The Kier molecular flexibility index (Phi) is 5.49. The van der Waals surface area contributed by atoms with E-state index >= 15 is 0 Å². The molecule has 9 heteroatoms. The Hall–Kier alpha value is -3.10. The second-order valence-electron chi connectivity index (χ2n) is 5.10. The van der Waals surface area contributed by atoms with Crippen molar-refractivity contribution in [3.63, 3.8) is 0 Å². The number of methoxy groups -OCH3 is 1. The summed E-state index contributed by atoms with van der Waals surface area (Å²) < 4.78 is 49.2. The summed E-state index contributed by atoms with van der Waals surface area (Å²) in [6, 6.07) is 4.17. The lowest BCUT2D eigenvalue weighted by atomic mass is 10.1. The molecule has 0 fully saturated rings. The molecule has 1 aromatic carbocycles. The third kappa shape index (κ3) is 4.11. The van der Waals surface area contributed by atoms with Gasteiger partial charge < -0.3 is 14.6 Å². The fourth-order valence-corrected chi connectivity index (χ4v) is 2.20. The van der Waals surface area contributed by atoms with Crippen LogP contribution < -0.4 is 9.47 Å². The van der Waals surface area contributed by atoms with E-state index in [1.54, 1.807) is 0 Å². The molecule has 0 amide bonds. The number of aromatic nitrogens is 2. The number of carboxylic acid groups (broad SMARTS) is 1. The van der Waals surface area contributed by atoms with E-state index in [9.17, 15) is 23.1 Å². The van der Waals surface area contributed by atoms with Crippen molar-refractivity contribution in [2.75, 3.05) is 7.11 Å². The van der Waals surface area contributed by atoms with E-state index < -0.39 is 17.7 Å². The molecular weight excluding hydrogens is 353 g/mol. The lowest BCUT2D eigenvalue weighted by Crippen LogP contribution is -2.08. The molecule has 0 unspecified atom stereocenters. The molecule has 0 saturated heterocycles. The Labute approximate surface area is 146 Å². The average molecular weight is 368 g/mol. The Morgan fingerprint density at radius 2 is 1.88 bits per heavy atom. The van der Waals surface area contributed by atoms with Gasteiger partial charge in [0.25, 0.3) is 0 Å². The maximum Gasteiger partial charge on any atom is 0.416 e. The molecule has 0 radical (unpaired) electrons. The van der Waals surface area contributed by atoms with Crippen molar-refractivity contribution >= 4 is 11.5 Å². The Balaban J connectivity index is 2.60. The monoisotopic (exact) mass is 368 g/mol. The number of rotatable bonds is 5. The van der Waals surface area contributed by atoms with E-state index in [-0.39, 0.29) is 34.5 Å². The molecule has 0 atom stereocenters. The van der Waals surface area contributed by atoms with Crippen LogP contribution in [0.4, 0.5) is 13.2 Å². The molecule has 0 spiro atoms. The zero-order chi connectivity index (χ0) is 19.5. The molecule has 2 aromatic rings. The molecule has 0 aliphatic rings. The number of halogens is 3. The van der Waals surface area contributed by atoms with Gasteiger partial charge in [-0.3, -0.25) is 0 Å². The highest BCUT2D eigenvalue weighted by atomic mass is 19.4. The van der Waals surface area contributed by atoms with Crippen molar-refractivity contribution in [3.8, 4) is 17.5 Å². The van der Waals surface area contributed by atoms with Crippen LogP contribution in [0.2, 0.25) is 0 Å². The summed E-state index contributed by atoms with van der Waals surface area (Å²) in [5.74, 6) is -1.51. The zero-order valence-electron chi connectivity index (χ0n) is 14.1. The minimum absolute atomic E-state index is 0.0602. The fourth-order valence-electron chi connectivity index (χ4n) is 2.20. The van der Waals surface area contributed by atoms with Gasteiger partial charge in [0.2, 0.25) is 11.8 Å². The van der Waals surface area contributed by atoms with E-state index in [2.05, 4.69) is 9.97 Å². The van der Waals surface area contributed by atoms with Crippen molar-refractivity contribution in [2.45, 2.75) is 20.0 Å². The predicted octanol–water partition coefficient (Wildman–Crippen LogP) is 4.09. The van der Waals surface area contributed by atoms with Gasteiger partial charge in [-0.05, 0) is 32.0 Å². The van der Waals surface area contributed by atoms with Crippen molar-refractivity contribution in [2.24, 2.45) is 0 Å². The number of hydrogen-bond donors (Lipinski definition) is 1. The van der Waals surface area contributed by atoms with Gasteiger partial charge in [-0.25, -0.2) is 4.79 Å². The number of benzene rings is 1. The Morgan fingerprint density at radius 3 is 2.42 bits per heavy atom. The molecule has 0 saturated carbocycles. The van der Waals surface area contributed by atoms with Gasteiger partial charge in [0.05, 0.1) is 18.2 Å². The van der Waals surface area contributed by atoms with Crippen LogP contribution in [0.3, 0.4) is 0 Å². The van der Waals surface area contributed by atoms with E-state index in [0.717, 1.165) is 12.1 Å². The third-order valence-electron chi connectivity index (χ3n) is 3.31. The number of carboxylic acids is 1. The summed E-state index contributed by atoms with van der Waals surface area (Å²) >= 11 is 0. The van der Waals surface area contributed by atoms with Crippen LogP contribution in [0, 0.1) is 6.92 Å². The number of carbonyl (C=O) groups is 1. The first-order chi connectivity index (χ1) is 12.2. The fraction of sp³-hybridized carbons (Fsp3) is 0.235. The van der Waals surface area contributed by atoms with E-state index in [1.807, 2.05) is 0 Å². The number of aryl methyl sites for hydroxylation is 1. The van der Waals surface area contributed by atoms with E-state index in [1.165, 1.54) is 39.2 Å². The third-order valence-corrected chi connectivity index (χ3v) is 3.31. The highest BCUT2D eigenvalue weighted by Crippen LogP contribution is 2.37. The highest BCUT2D eigenvalue weighted by Gasteiger charge is 2.31. The molecule has 0 aliphatic heterocycles. The minimum atomic E-state index is -4.54. The van der Waals surface area contributed by atoms with Crippen molar-refractivity contribution < 1.29 is 32.5 Å². The number of nitrogens with zero attached hydrogens (tertiary/aromatic N) is 2. The van der Waals surface area contributed by atoms with Gasteiger partial charge >= 0.3 is 12.1 Å². The number of ether oxygens (including phenoxy) is 2. The zero-order valence-corrected chi connectivity index (χ0v) is 14.1. The number of aliphatic carboxylic acids is 1. The lowest BCUT2D eigenvalue weighted by Gasteiger charge is -2.15. The molecule has 1 N–H and O–H groups in total. The maximum absolute atomic E-state index is 12.9. The van der Waals surface area contributed by atoms with Crippen LogP contribution in [0.25, 0.3) is 5.57 Å². The molecule has 6 nitrogen and oxygen atoms in total. The Morgan fingerprint density at radius 1 is 1.23 bits per heavy atom. The number of allylic oxidation sites excluding steroid dienone is 1. The van der Waals surface area contributed by atoms with Gasteiger partial charge in [-0.15, -0.1) is 0 Å². The van der Waals surface area contributed by atoms with Crippen LogP contribution in [-0.4, -0.2) is 28.2 Å². The van der Waals surface area contributed by atoms with Crippen LogP contribution >= 0.6 is 0 Å². The first-order valence-corrected chi connectivity index (χ1v) is 7.35. The molecule has 2 rings (SSSR count). The van der Waals surface area contributed by atoms with Crippen molar-refractivity contribution in [1.29, 1.82) is 0 Å². The standard InChI is InChI=1S/C17H15F3N2O4/c1-4-12(16(23)24)13-14(25-3)21-9(2)22-15(13)26-11-7-5-6-10(8-11)17(18,19)20/h4-8H,1-3H3,(H,23,24). The summed E-state index contributed by atoms with van der Waals surface area (Å²) in [5, 5.41) is 9.37. The van der Waals surface area contributed by atoms with Crippen LogP contribution in [0.5, 0.6) is 17.5 Å². The van der Waals surface area contributed by atoms with Gasteiger partial charge in [-0.1, -0.05) is 12.1 Å². The Bertz CT molecular complexity index is 864. The molecule has 0 aliphatic carbocycles. The summed E-state index contributed by atoms with van der Waals surface area (Å²) in [4.78, 5) is 19.5. The first-order valence-electron chi connectivity index (χ1n) is 7.35. The minimum Gasteiger partial charge on any atom is -0.480 e. The highest BCUT2D eigenvalue weighted by molar-refractivity contribution is 6.16. The summed E-state index contributed by atoms with van der Waals surface area (Å²) in [7, 11) is 1.29. The quantitative estimate of drug-likeness (QED) is 0.801. The topological polar surface area (TPSA) is 81.5 Å². The lowest BCUT2D eigenvalue weighted by molar-refractivity contribution is -0.137. The number of alkyl halides is 3. The molecule has 1 heterocycles. The summed E-state index contributed by atoms with van der Waals surface area (Å²) in [5.41, 5.74) is -1.17. The van der Waals surface area contributed by atoms with Crippen LogP contribution in [-0.2, 0) is 11.0 Å². The predicted molar refractivity (Wildman–Crippen MR) is 86.1 cm³/mol. The van der Waals surface area contributed by atoms with Crippen molar-refractivity contribution in [3.05, 3.63) is 47.3 Å². The molecular formula is C17H15F3N2O4. The van der Waals surface area contributed by atoms with Crippen LogP contribution in [0.1, 0.15) is 23.9 Å². The first kappa shape index (κ1) is 19.2. The normalized spacial score (nSPS) is 12.0. The molecule has 26 heavy (non-hydrogen) atoms. The molecule has 1 aromatic heterocycles. The van der Waals surface area contributed by atoms with E-state index in [0.29, 0.717) is 0 Å². The van der Waals surface area contributed by atoms with Crippen molar-refractivity contribution in [1.82, 2.24) is 9.97 Å². The average Bonchev–Trinajstić information content (AvgIpc) is 2.56.